The number of rotatable bonds is 25. The Bertz CT molecular complexity index is 736. The van der Waals surface area contributed by atoms with Crippen molar-refractivity contribution in [2.24, 2.45) is 0 Å². The summed E-state index contributed by atoms with van der Waals surface area (Å²) in [4.78, 5) is -0.178. The van der Waals surface area contributed by atoms with E-state index in [2.05, 4.69) is 27.7 Å². The zero-order valence-corrected chi connectivity index (χ0v) is 28.2. The van der Waals surface area contributed by atoms with Crippen LogP contribution < -0.4 is 0 Å². The fourth-order valence-corrected chi connectivity index (χ4v) is 6.02. The molecule has 0 aromatic heterocycles. The predicted octanol–water partition coefficient (Wildman–Crippen LogP) is 10.6. The van der Waals surface area contributed by atoms with Gasteiger partial charge in [0.1, 0.15) is 10.1 Å². The second kappa shape index (κ2) is 25.8. The van der Waals surface area contributed by atoms with Crippen LogP contribution in [0.15, 0.2) is 29.2 Å². The lowest BCUT2D eigenvalue weighted by Gasteiger charge is -2.39. The van der Waals surface area contributed by atoms with Gasteiger partial charge in [0.05, 0.1) is 31.1 Å². The molecule has 0 saturated carbocycles. The van der Waals surface area contributed by atoms with Crippen LogP contribution in [0.2, 0.25) is 0 Å². The van der Waals surface area contributed by atoms with Crippen LogP contribution in [0.25, 0.3) is 0 Å². The molecular formula is C35H67NO3S. The smallest absolute Gasteiger partial charge is 0.124 e. The molecule has 0 aliphatic carbocycles. The van der Waals surface area contributed by atoms with Gasteiger partial charge in [-0.1, -0.05) is 129 Å². The van der Waals surface area contributed by atoms with Gasteiger partial charge in [-0.25, -0.2) is 8.42 Å². The van der Waals surface area contributed by atoms with E-state index in [0.29, 0.717) is 0 Å². The number of benzene rings is 1. The predicted molar refractivity (Wildman–Crippen MR) is 174 cm³/mol. The van der Waals surface area contributed by atoms with Gasteiger partial charge in [-0.3, -0.25) is 0 Å². The van der Waals surface area contributed by atoms with Crippen LogP contribution >= 0.6 is 0 Å². The number of nitrogens with zero attached hydrogens (tertiary/aromatic N) is 1. The highest BCUT2D eigenvalue weighted by atomic mass is 32.2. The molecule has 1 aromatic carbocycles. The third-order valence-electron chi connectivity index (χ3n) is 8.25. The van der Waals surface area contributed by atoms with Crippen LogP contribution in [0, 0.1) is 6.92 Å². The van der Waals surface area contributed by atoms with E-state index >= 15 is 0 Å². The van der Waals surface area contributed by atoms with Crippen LogP contribution in [-0.2, 0) is 10.1 Å². The van der Waals surface area contributed by atoms with E-state index in [-0.39, 0.29) is 4.90 Å². The Morgan fingerprint density at radius 2 is 0.800 bits per heavy atom. The van der Waals surface area contributed by atoms with Crippen molar-refractivity contribution in [1.82, 2.24) is 0 Å². The van der Waals surface area contributed by atoms with Gasteiger partial charge < -0.3 is 9.04 Å². The molecule has 0 radical (unpaired) electrons. The topological polar surface area (TPSA) is 57.2 Å². The molecule has 0 atom stereocenters. The summed E-state index contributed by atoms with van der Waals surface area (Å²) in [5, 5.41) is 0. The lowest BCUT2D eigenvalue weighted by Crippen LogP contribution is -2.50. The number of hydrogen-bond acceptors (Lipinski definition) is 3. The van der Waals surface area contributed by atoms with E-state index in [4.69, 9.17) is 0 Å². The molecule has 4 nitrogen and oxygen atoms in total. The zero-order valence-electron chi connectivity index (χ0n) is 27.4. The van der Waals surface area contributed by atoms with Gasteiger partial charge in [-0.15, -0.1) is 0 Å². The first-order chi connectivity index (χ1) is 19.2. The summed E-state index contributed by atoms with van der Waals surface area (Å²) in [6, 6.07) is 5.78. The highest BCUT2D eigenvalue weighted by molar-refractivity contribution is 7.85. The molecule has 0 saturated heterocycles. The summed E-state index contributed by atoms with van der Waals surface area (Å²) in [5.41, 5.74) is 0.928. The maximum atomic E-state index is 10.4. The van der Waals surface area contributed by atoms with Crippen molar-refractivity contribution in [3.05, 3.63) is 29.8 Å². The molecule has 236 valence electrons. The number of aryl methyl sites for hydroxylation is 1. The first-order valence-electron chi connectivity index (χ1n) is 17.1. The quantitative estimate of drug-likeness (QED) is 0.0655. The molecule has 0 N–H and O–H groups in total. The number of hydrogen-bond donors (Lipinski definition) is 0. The second-order valence-corrected chi connectivity index (χ2v) is 13.5. The summed E-state index contributed by atoms with van der Waals surface area (Å²) in [5.74, 6) is 0. The first kappa shape index (κ1) is 39.1. The van der Waals surface area contributed by atoms with E-state index in [1.807, 2.05) is 6.92 Å². The molecule has 1 aromatic rings. The standard InChI is InChI=1S/C28H60N.C7H8O3S/c1-5-9-13-16-19-22-26-29(25-12-8-4,27-23-20-17-14-10-6-2)28-24-21-18-15-11-7-3;1-6-2-4-7(5-3-6)11(8,9)10/h5-28H2,1-4H3;2-5H,1H3,(H,8,9,10)/q+1;/p-1. The Morgan fingerprint density at radius 3 is 1.12 bits per heavy atom. The molecule has 40 heavy (non-hydrogen) atoms. The molecule has 1 rings (SSSR count). The SMILES string of the molecule is CCCCCCCC[N+](CCCC)(CCCCCCCC)CCCCCCCC.Cc1ccc(S(=O)(=O)[O-])cc1. The van der Waals surface area contributed by atoms with Crippen molar-refractivity contribution in [2.45, 2.75) is 168 Å². The third-order valence-corrected chi connectivity index (χ3v) is 9.10. The van der Waals surface area contributed by atoms with Crippen LogP contribution in [-0.4, -0.2) is 43.6 Å². The molecule has 0 amide bonds. The van der Waals surface area contributed by atoms with Crippen molar-refractivity contribution in [1.29, 1.82) is 0 Å². The molecule has 0 fully saturated rings. The van der Waals surface area contributed by atoms with Gasteiger partial charge in [-0.05, 0) is 64.0 Å². The second-order valence-electron chi connectivity index (χ2n) is 12.2. The summed E-state index contributed by atoms with van der Waals surface area (Å²) < 4.78 is 32.6. The minimum atomic E-state index is -4.27. The minimum Gasteiger partial charge on any atom is -0.744 e. The Kier molecular flexibility index (Phi) is 25.2. The van der Waals surface area contributed by atoms with E-state index in [1.165, 1.54) is 171 Å². The molecule has 0 aliphatic rings. The zero-order chi connectivity index (χ0) is 30.0. The minimum absolute atomic E-state index is 0.178. The fourth-order valence-electron chi connectivity index (χ4n) is 5.55. The largest absolute Gasteiger partial charge is 0.744 e. The van der Waals surface area contributed by atoms with Crippen molar-refractivity contribution in [3.63, 3.8) is 0 Å². The average molecular weight is 582 g/mol. The van der Waals surface area contributed by atoms with Crippen LogP contribution in [0.3, 0.4) is 0 Å². The molecule has 0 aliphatic heterocycles. The molecule has 0 bridgehead atoms. The maximum absolute atomic E-state index is 10.4. The summed E-state index contributed by atoms with van der Waals surface area (Å²) in [7, 11) is -4.27. The Hall–Kier alpha value is -0.910. The van der Waals surface area contributed by atoms with Gasteiger partial charge in [0.2, 0.25) is 0 Å². The van der Waals surface area contributed by atoms with Gasteiger partial charge in [0, 0.05) is 0 Å². The lowest BCUT2D eigenvalue weighted by molar-refractivity contribution is -0.929. The van der Waals surface area contributed by atoms with Crippen LogP contribution in [0.4, 0.5) is 0 Å². The summed E-state index contributed by atoms with van der Waals surface area (Å²) >= 11 is 0. The molecule has 0 unspecified atom stereocenters. The first-order valence-corrected chi connectivity index (χ1v) is 18.5. The molecule has 5 heteroatoms. The Balaban J connectivity index is 0.00000114. The van der Waals surface area contributed by atoms with Gasteiger partial charge in [-0.2, -0.15) is 0 Å². The Labute approximate surface area is 251 Å². The van der Waals surface area contributed by atoms with Crippen LogP contribution in [0.1, 0.15) is 162 Å². The van der Waals surface area contributed by atoms with Crippen molar-refractivity contribution >= 4 is 10.1 Å². The third kappa shape index (κ3) is 21.8. The number of quaternary nitrogens is 1. The van der Waals surface area contributed by atoms with E-state index in [0.717, 1.165) is 5.56 Å². The molecule has 0 heterocycles. The molecule has 0 spiro atoms. The van der Waals surface area contributed by atoms with Crippen molar-refractivity contribution in [3.8, 4) is 0 Å². The van der Waals surface area contributed by atoms with E-state index < -0.39 is 10.1 Å². The van der Waals surface area contributed by atoms with Crippen LogP contribution in [0.5, 0.6) is 0 Å². The molecular weight excluding hydrogens is 514 g/mol. The van der Waals surface area contributed by atoms with E-state index in [1.54, 1.807) is 12.1 Å². The lowest BCUT2D eigenvalue weighted by atomic mass is 10.1. The highest BCUT2D eigenvalue weighted by Gasteiger charge is 2.25. The van der Waals surface area contributed by atoms with E-state index in [9.17, 15) is 13.0 Å². The fraction of sp³-hybridized carbons (Fsp3) is 0.829. The van der Waals surface area contributed by atoms with Gasteiger partial charge in [0.15, 0.2) is 0 Å². The van der Waals surface area contributed by atoms with Gasteiger partial charge in [0.25, 0.3) is 0 Å². The van der Waals surface area contributed by atoms with Crippen molar-refractivity contribution < 1.29 is 17.5 Å². The maximum Gasteiger partial charge on any atom is 0.124 e. The number of unbranched alkanes of at least 4 members (excludes halogenated alkanes) is 16. The normalized spacial score (nSPS) is 11.8. The van der Waals surface area contributed by atoms with Gasteiger partial charge >= 0.3 is 0 Å². The monoisotopic (exact) mass is 581 g/mol. The van der Waals surface area contributed by atoms with Crippen molar-refractivity contribution in [2.75, 3.05) is 26.2 Å². The average Bonchev–Trinajstić information content (AvgIpc) is 2.93. The Morgan fingerprint density at radius 1 is 0.500 bits per heavy atom. The highest BCUT2D eigenvalue weighted by Crippen LogP contribution is 2.20. The summed E-state index contributed by atoms with van der Waals surface area (Å²) in [6.45, 7) is 17.0. The summed E-state index contributed by atoms with van der Waals surface area (Å²) in [6.07, 6.45) is 28.8.